The minimum atomic E-state index is -0.681. The summed E-state index contributed by atoms with van der Waals surface area (Å²) in [5, 5.41) is 0. The van der Waals surface area contributed by atoms with E-state index >= 15 is 0 Å². The van der Waals surface area contributed by atoms with Crippen LogP contribution >= 0.6 is 12.4 Å². The van der Waals surface area contributed by atoms with Crippen molar-refractivity contribution in [2.45, 2.75) is 32.3 Å². The third kappa shape index (κ3) is 7.10. The monoisotopic (exact) mass is 572 g/mol. The summed E-state index contributed by atoms with van der Waals surface area (Å²) in [6.07, 6.45) is 1.04. The number of carbonyl (C=O) groups is 1. The smallest absolute Gasteiger partial charge is 0.306 e. The van der Waals surface area contributed by atoms with Gasteiger partial charge in [-0.05, 0) is 25.2 Å². The predicted molar refractivity (Wildman–Crippen MR) is 110 cm³/mol. The Morgan fingerprint density at radius 3 is 2.04 bits per heavy atom. The van der Waals surface area contributed by atoms with E-state index in [0.717, 1.165) is 12.1 Å². The van der Waals surface area contributed by atoms with E-state index < -0.39 is 5.60 Å². The Kier molecular flexibility index (Phi) is 11.9. The minimum absolute atomic E-state index is 0. The van der Waals surface area contributed by atoms with Gasteiger partial charge in [-0.1, -0.05) is 74.5 Å². The van der Waals surface area contributed by atoms with Gasteiger partial charge in [-0.3, -0.25) is 4.79 Å². The number of ether oxygens (including phenoxy) is 1. The zero-order chi connectivity index (χ0) is 18.3. The average Bonchev–Trinajstić information content (AvgIpc) is 2.62. The summed E-state index contributed by atoms with van der Waals surface area (Å²) in [6, 6.07) is 20.4. The summed E-state index contributed by atoms with van der Waals surface area (Å²) in [4.78, 5) is 14.5. The SMILES string of the molecule is CCC(=O)O[C@](Cc1ccccc1)(c1ccccc1)[C@H](C)CN(C)C.Cl.[Au]. The normalized spacial score (nSPS) is 13.7. The van der Waals surface area contributed by atoms with Gasteiger partial charge >= 0.3 is 5.97 Å². The van der Waals surface area contributed by atoms with E-state index in [1.165, 1.54) is 5.56 Å². The molecule has 0 saturated carbocycles. The van der Waals surface area contributed by atoms with Gasteiger partial charge < -0.3 is 9.64 Å². The number of hydrogen-bond acceptors (Lipinski definition) is 3. The summed E-state index contributed by atoms with van der Waals surface area (Å²) in [5.41, 5.74) is 1.54. The molecule has 2 aromatic rings. The fourth-order valence-electron chi connectivity index (χ4n) is 3.35. The van der Waals surface area contributed by atoms with Crippen LogP contribution in [0.5, 0.6) is 0 Å². The van der Waals surface area contributed by atoms with Gasteiger partial charge in [-0.15, -0.1) is 12.4 Å². The maximum Gasteiger partial charge on any atom is 0.306 e. The number of hydrogen-bond donors (Lipinski definition) is 0. The van der Waals surface area contributed by atoms with E-state index in [1.54, 1.807) is 0 Å². The van der Waals surface area contributed by atoms with Crippen LogP contribution in [-0.4, -0.2) is 31.5 Å². The number of benzene rings is 2. The summed E-state index contributed by atoms with van der Waals surface area (Å²) in [7, 11) is 4.10. The zero-order valence-electron chi connectivity index (χ0n) is 16.4. The van der Waals surface area contributed by atoms with Gasteiger partial charge in [0.1, 0.15) is 5.60 Å². The molecule has 1 radical (unpaired) electrons. The Bertz CT molecular complexity index is 667. The fraction of sp³-hybridized carbons (Fsp3) is 0.409. The second kappa shape index (κ2) is 12.4. The number of carbonyl (C=O) groups excluding carboxylic acids is 1. The van der Waals surface area contributed by atoms with Crippen molar-refractivity contribution in [1.29, 1.82) is 0 Å². The average molecular weight is 573 g/mol. The number of esters is 1. The Morgan fingerprint density at radius 1 is 1.04 bits per heavy atom. The van der Waals surface area contributed by atoms with Gasteiger partial charge in [-0.25, -0.2) is 0 Å². The molecule has 0 amide bonds. The van der Waals surface area contributed by atoms with Crippen molar-refractivity contribution in [2.75, 3.05) is 20.6 Å². The van der Waals surface area contributed by atoms with Crippen LogP contribution in [0.1, 0.15) is 31.4 Å². The first-order chi connectivity index (χ1) is 12.0. The molecule has 0 saturated heterocycles. The molecule has 0 bridgehead atoms. The van der Waals surface area contributed by atoms with E-state index in [2.05, 4.69) is 50.2 Å². The molecule has 3 nitrogen and oxygen atoms in total. The first-order valence-electron chi connectivity index (χ1n) is 8.94. The van der Waals surface area contributed by atoms with Crippen LogP contribution in [0.25, 0.3) is 0 Å². The van der Waals surface area contributed by atoms with Crippen molar-refractivity contribution < 1.29 is 31.9 Å². The van der Waals surface area contributed by atoms with Crippen molar-refractivity contribution in [1.82, 2.24) is 4.90 Å². The predicted octanol–water partition coefficient (Wildman–Crippen LogP) is 4.69. The van der Waals surface area contributed by atoms with Crippen LogP contribution < -0.4 is 0 Å². The maximum atomic E-state index is 12.3. The molecule has 0 aliphatic carbocycles. The first-order valence-corrected chi connectivity index (χ1v) is 8.94. The number of nitrogens with zero attached hydrogens (tertiary/aromatic N) is 1. The molecule has 0 aliphatic rings. The Balaban J connectivity index is 0.00000338. The van der Waals surface area contributed by atoms with Gasteiger partial charge in [0.15, 0.2) is 0 Å². The van der Waals surface area contributed by atoms with Crippen LogP contribution in [0, 0.1) is 5.92 Å². The molecule has 0 aliphatic heterocycles. The molecule has 0 heterocycles. The molecule has 0 N–H and O–H groups in total. The molecular weight excluding hydrogens is 543 g/mol. The molecule has 0 spiro atoms. The largest absolute Gasteiger partial charge is 0.453 e. The van der Waals surface area contributed by atoms with Crippen molar-refractivity contribution in [3.8, 4) is 0 Å². The minimum Gasteiger partial charge on any atom is -0.453 e. The van der Waals surface area contributed by atoms with Crippen LogP contribution in [0.15, 0.2) is 60.7 Å². The number of rotatable bonds is 8. The van der Waals surface area contributed by atoms with Gasteiger partial charge in [0.05, 0.1) is 0 Å². The van der Waals surface area contributed by atoms with Crippen molar-refractivity contribution in [2.24, 2.45) is 5.92 Å². The summed E-state index contributed by atoms with van der Waals surface area (Å²) < 4.78 is 6.17. The maximum absolute atomic E-state index is 12.3. The summed E-state index contributed by atoms with van der Waals surface area (Å²) in [6.45, 7) is 4.84. The van der Waals surface area contributed by atoms with E-state index in [0.29, 0.717) is 12.8 Å². The van der Waals surface area contributed by atoms with Gasteiger partial charge in [0.2, 0.25) is 0 Å². The van der Waals surface area contributed by atoms with E-state index in [9.17, 15) is 4.79 Å². The third-order valence-corrected chi connectivity index (χ3v) is 4.59. The summed E-state index contributed by atoms with van der Waals surface area (Å²) >= 11 is 0. The quantitative estimate of drug-likeness (QED) is 0.340. The van der Waals surface area contributed by atoms with E-state index in [4.69, 9.17) is 4.74 Å². The Hall–Kier alpha value is -1.10. The first kappa shape index (κ1) is 25.9. The van der Waals surface area contributed by atoms with Gasteiger partial charge in [0.25, 0.3) is 0 Å². The van der Waals surface area contributed by atoms with Crippen LogP contribution in [0.4, 0.5) is 0 Å². The molecule has 2 atom stereocenters. The number of halogens is 1. The topological polar surface area (TPSA) is 29.5 Å². The van der Waals surface area contributed by atoms with Gasteiger partial charge in [0, 0.05) is 47.7 Å². The fourth-order valence-corrected chi connectivity index (χ4v) is 3.35. The second-order valence-corrected chi connectivity index (χ2v) is 6.91. The molecular formula is C22H30AuClNO2. The summed E-state index contributed by atoms with van der Waals surface area (Å²) in [5.74, 6) is -0.0222. The molecule has 2 aromatic carbocycles. The Morgan fingerprint density at radius 2 is 1.56 bits per heavy atom. The molecule has 2 rings (SSSR count). The third-order valence-electron chi connectivity index (χ3n) is 4.59. The van der Waals surface area contributed by atoms with Crippen LogP contribution in [0.2, 0.25) is 0 Å². The second-order valence-electron chi connectivity index (χ2n) is 6.91. The van der Waals surface area contributed by atoms with Crippen LogP contribution in [0.3, 0.4) is 0 Å². The standard InChI is InChI=1S/C22H29NO2.Au.ClH/c1-5-21(24)25-22(18(2)17-23(3)4,20-14-10-7-11-15-20)16-19-12-8-6-9-13-19;;/h6-15,18H,5,16-17H2,1-4H3;;1H/t18-,22+;;/m1../s1. The molecule has 0 unspecified atom stereocenters. The van der Waals surface area contributed by atoms with Crippen molar-refractivity contribution in [3.63, 3.8) is 0 Å². The molecule has 0 aromatic heterocycles. The Labute approximate surface area is 185 Å². The molecule has 27 heavy (non-hydrogen) atoms. The van der Waals surface area contributed by atoms with Crippen LogP contribution in [-0.2, 0) is 43.9 Å². The van der Waals surface area contributed by atoms with Crippen molar-refractivity contribution in [3.05, 3.63) is 71.8 Å². The van der Waals surface area contributed by atoms with Crippen molar-refractivity contribution >= 4 is 18.4 Å². The molecule has 0 fully saturated rings. The zero-order valence-corrected chi connectivity index (χ0v) is 19.4. The molecule has 153 valence electrons. The van der Waals surface area contributed by atoms with Gasteiger partial charge in [-0.2, -0.15) is 0 Å². The van der Waals surface area contributed by atoms with E-state index in [1.807, 2.05) is 43.3 Å². The molecule has 5 heteroatoms. The van der Waals surface area contributed by atoms with E-state index in [-0.39, 0.29) is 46.7 Å².